The highest BCUT2D eigenvalue weighted by molar-refractivity contribution is 6.17. The number of benzene rings is 1. The molecule has 1 aromatic rings. The minimum atomic E-state index is 0.567. The zero-order chi connectivity index (χ0) is 12.3. The fourth-order valence-corrected chi connectivity index (χ4v) is 1.58. The second-order valence-electron chi connectivity index (χ2n) is 3.68. The van der Waals surface area contributed by atoms with Crippen LogP contribution >= 0.6 is 11.6 Å². The topological polar surface area (TPSA) is 30.5 Å². The van der Waals surface area contributed by atoms with Gasteiger partial charge in [-0.05, 0) is 30.7 Å². The molecule has 1 rings (SSSR count). The predicted octanol–water partition coefficient (Wildman–Crippen LogP) is 2.43. The Kier molecular flexibility index (Phi) is 7.80. The van der Waals surface area contributed by atoms with Crippen LogP contribution in [0.2, 0.25) is 0 Å². The first-order valence-electron chi connectivity index (χ1n) is 5.84. The molecule has 1 N–H and O–H groups in total. The summed E-state index contributed by atoms with van der Waals surface area (Å²) >= 11 is 5.50. The Morgan fingerprint density at radius 1 is 1.29 bits per heavy atom. The molecule has 0 unspecified atom stereocenters. The van der Waals surface area contributed by atoms with Crippen LogP contribution in [0.1, 0.15) is 12.0 Å². The summed E-state index contributed by atoms with van der Waals surface area (Å²) in [4.78, 5) is 0. The average Bonchev–Trinajstić information content (AvgIpc) is 2.38. The molecule has 3 nitrogen and oxygen atoms in total. The van der Waals surface area contributed by atoms with Gasteiger partial charge in [-0.1, -0.05) is 12.1 Å². The van der Waals surface area contributed by atoms with Gasteiger partial charge in [-0.3, -0.25) is 0 Å². The molecular formula is C13H20ClNO2. The van der Waals surface area contributed by atoms with Gasteiger partial charge in [-0.15, -0.1) is 11.6 Å². The van der Waals surface area contributed by atoms with Gasteiger partial charge in [0.2, 0.25) is 0 Å². The molecule has 17 heavy (non-hydrogen) atoms. The van der Waals surface area contributed by atoms with Crippen LogP contribution in [0.25, 0.3) is 0 Å². The molecule has 1 aromatic carbocycles. The highest BCUT2D eigenvalue weighted by atomic mass is 35.5. The van der Waals surface area contributed by atoms with Crippen molar-refractivity contribution >= 4 is 11.6 Å². The van der Waals surface area contributed by atoms with Crippen LogP contribution in [-0.4, -0.2) is 32.7 Å². The Balaban J connectivity index is 2.09. The van der Waals surface area contributed by atoms with Crippen LogP contribution in [-0.2, 0) is 11.3 Å². The van der Waals surface area contributed by atoms with E-state index in [0.717, 1.165) is 31.9 Å². The Labute approximate surface area is 108 Å². The Bertz CT molecular complexity index is 307. The molecule has 0 bridgehead atoms. The van der Waals surface area contributed by atoms with E-state index in [1.165, 1.54) is 5.56 Å². The SMILES string of the molecule is COc1cccc(CNCCCOCCCl)c1. The Morgan fingerprint density at radius 3 is 2.94 bits per heavy atom. The molecule has 0 spiro atoms. The van der Waals surface area contributed by atoms with Gasteiger partial charge in [0.25, 0.3) is 0 Å². The molecule has 0 saturated heterocycles. The fraction of sp³-hybridized carbons (Fsp3) is 0.538. The van der Waals surface area contributed by atoms with E-state index >= 15 is 0 Å². The molecular weight excluding hydrogens is 238 g/mol. The van der Waals surface area contributed by atoms with E-state index < -0.39 is 0 Å². The summed E-state index contributed by atoms with van der Waals surface area (Å²) in [6.07, 6.45) is 1.00. The van der Waals surface area contributed by atoms with E-state index in [4.69, 9.17) is 21.1 Å². The molecule has 0 aliphatic heterocycles. The molecule has 0 saturated carbocycles. The van der Waals surface area contributed by atoms with Crippen molar-refractivity contribution in [2.75, 3.05) is 32.7 Å². The van der Waals surface area contributed by atoms with Crippen molar-refractivity contribution in [2.24, 2.45) is 0 Å². The van der Waals surface area contributed by atoms with Crippen LogP contribution in [0.5, 0.6) is 5.75 Å². The summed E-state index contributed by atoms with van der Waals surface area (Å²) in [5, 5.41) is 3.36. The molecule has 0 amide bonds. The second kappa shape index (κ2) is 9.28. The van der Waals surface area contributed by atoms with Crippen molar-refractivity contribution in [2.45, 2.75) is 13.0 Å². The number of methoxy groups -OCH3 is 1. The summed E-state index contributed by atoms with van der Waals surface area (Å²) in [6.45, 7) is 3.20. The van der Waals surface area contributed by atoms with Gasteiger partial charge in [0, 0.05) is 19.0 Å². The van der Waals surface area contributed by atoms with E-state index in [1.54, 1.807) is 7.11 Å². The van der Waals surface area contributed by atoms with Gasteiger partial charge >= 0.3 is 0 Å². The third-order valence-electron chi connectivity index (χ3n) is 2.33. The molecule has 0 radical (unpaired) electrons. The molecule has 0 atom stereocenters. The first kappa shape index (κ1) is 14.3. The Morgan fingerprint density at radius 2 is 2.18 bits per heavy atom. The highest BCUT2D eigenvalue weighted by Crippen LogP contribution is 2.11. The normalized spacial score (nSPS) is 10.5. The summed E-state index contributed by atoms with van der Waals surface area (Å²) in [5.41, 5.74) is 1.23. The summed E-state index contributed by atoms with van der Waals surface area (Å²) < 4.78 is 10.4. The zero-order valence-electron chi connectivity index (χ0n) is 10.2. The van der Waals surface area contributed by atoms with E-state index in [2.05, 4.69) is 11.4 Å². The van der Waals surface area contributed by atoms with Crippen molar-refractivity contribution in [1.29, 1.82) is 0 Å². The van der Waals surface area contributed by atoms with Gasteiger partial charge in [-0.2, -0.15) is 0 Å². The molecule has 4 heteroatoms. The lowest BCUT2D eigenvalue weighted by Crippen LogP contribution is -2.16. The van der Waals surface area contributed by atoms with Crippen molar-refractivity contribution in [1.82, 2.24) is 5.32 Å². The van der Waals surface area contributed by atoms with Crippen molar-refractivity contribution in [3.8, 4) is 5.75 Å². The third kappa shape index (κ3) is 6.51. The predicted molar refractivity (Wildman–Crippen MR) is 70.9 cm³/mol. The zero-order valence-corrected chi connectivity index (χ0v) is 11.0. The van der Waals surface area contributed by atoms with Gasteiger partial charge in [-0.25, -0.2) is 0 Å². The minimum Gasteiger partial charge on any atom is -0.497 e. The number of hydrogen-bond acceptors (Lipinski definition) is 3. The molecule has 96 valence electrons. The number of nitrogens with one attached hydrogen (secondary N) is 1. The second-order valence-corrected chi connectivity index (χ2v) is 4.06. The number of ether oxygens (including phenoxy) is 2. The van der Waals surface area contributed by atoms with Crippen molar-refractivity contribution in [3.05, 3.63) is 29.8 Å². The van der Waals surface area contributed by atoms with Crippen LogP contribution in [0.15, 0.2) is 24.3 Å². The van der Waals surface area contributed by atoms with Crippen LogP contribution in [0.4, 0.5) is 0 Å². The largest absolute Gasteiger partial charge is 0.497 e. The molecule has 0 fully saturated rings. The van der Waals surface area contributed by atoms with E-state index in [1.807, 2.05) is 18.2 Å². The maximum atomic E-state index is 5.50. The summed E-state index contributed by atoms with van der Waals surface area (Å²) in [7, 11) is 1.68. The summed E-state index contributed by atoms with van der Waals surface area (Å²) in [5.74, 6) is 1.46. The molecule has 0 aliphatic rings. The maximum absolute atomic E-state index is 5.50. The van der Waals surface area contributed by atoms with Crippen LogP contribution < -0.4 is 10.1 Å². The first-order valence-corrected chi connectivity index (χ1v) is 6.37. The summed E-state index contributed by atoms with van der Waals surface area (Å²) in [6, 6.07) is 8.07. The van der Waals surface area contributed by atoms with Crippen LogP contribution in [0.3, 0.4) is 0 Å². The fourth-order valence-electron chi connectivity index (χ4n) is 1.47. The lowest BCUT2D eigenvalue weighted by atomic mass is 10.2. The smallest absolute Gasteiger partial charge is 0.119 e. The minimum absolute atomic E-state index is 0.567. The Hall–Kier alpha value is -0.770. The van der Waals surface area contributed by atoms with E-state index in [9.17, 15) is 0 Å². The van der Waals surface area contributed by atoms with Gasteiger partial charge in [0.1, 0.15) is 5.75 Å². The number of rotatable bonds is 9. The number of hydrogen-bond donors (Lipinski definition) is 1. The standard InChI is InChI=1S/C13H20ClNO2/c1-16-13-5-2-4-12(10-13)11-15-7-3-8-17-9-6-14/h2,4-5,10,15H,3,6-9,11H2,1H3. The van der Waals surface area contributed by atoms with E-state index in [0.29, 0.717) is 12.5 Å². The lowest BCUT2D eigenvalue weighted by molar-refractivity contribution is 0.146. The highest BCUT2D eigenvalue weighted by Gasteiger charge is 1.95. The first-order chi connectivity index (χ1) is 8.36. The third-order valence-corrected chi connectivity index (χ3v) is 2.48. The van der Waals surface area contributed by atoms with Gasteiger partial charge in [0.05, 0.1) is 13.7 Å². The number of halogens is 1. The van der Waals surface area contributed by atoms with Gasteiger partial charge in [0.15, 0.2) is 0 Å². The van der Waals surface area contributed by atoms with E-state index in [-0.39, 0.29) is 0 Å². The monoisotopic (exact) mass is 257 g/mol. The molecule has 0 aliphatic carbocycles. The molecule has 0 aromatic heterocycles. The van der Waals surface area contributed by atoms with Crippen molar-refractivity contribution < 1.29 is 9.47 Å². The van der Waals surface area contributed by atoms with Gasteiger partial charge < -0.3 is 14.8 Å². The lowest BCUT2D eigenvalue weighted by Gasteiger charge is -2.06. The number of alkyl halides is 1. The van der Waals surface area contributed by atoms with Crippen LogP contribution in [0, 0.1) is 0 Å². The molecule has 0 heterocycles. The van der Waals surface area contributed by atoms with Crippen molar-refractivity contribution in [3.63, 3.8) is 0 Å². The maximum Gasteiger partial charge on any atom is 0.119 e. The quantitative estimate of drug-likeness (QED) is 0.545. The average molecular weight is 258 g/mol.